The number of pyridine rings is 3. The normalized spacial score (nSPS) is 11.4. The van der Waals surface area contributed by atoms with Crippen molar-refractivity contribution in [2.75, 3.05) is 7.11 Å². The predicted molar refractivity (Wildman–Crippen MR) is 119 cm³/mol. The summed E-state index contributed by atoms with van der Waals surface area (Å²) in [5.74, 6) is 0.872. The van der Waals surface area contributed by atoms with Gasteiger partial charge in [0.2, 0.25) is 5.52 Å². The van der Waals surface area contributed by atoms with E-state index in [1.165, 1.54) is 43.9 Å². The number of ether oxygens (including phenoxy) is 1. The molecular weight excluding hydrogens is 356 g/mol. The van der Waals surface area contributed by atoms with E-state index >= 15 is 0 Å². The zero-order chi connectivity index (χ0) is 20.1. The van der Waals surface area contributed by atoms with Crippen molar-refractivity contribution in [3.63, 3.8) is 0 Å². The van der Waals surface area contributed by atoms with Crippen LogP contribution in [-0.4, -0.2) is 12.1 Å². The monoisotopic (exact) mass is 379 g/mol. The molecule has 0 spiro atoms. The summed E-state index contributed by atoms with van der Waals surface area (Å²) in [4.78, 5) is 4.15. The molecule has 0 radical (unpaired) electrons. The van der Waals surface area contributed by atoms with Crippen molar-refractivity contribution >= 4 is 27.1 Å². The van der Waals surface area contributed by atoms with Crippen LogP contribution in [-0.2, 0) is 0 Å². The largest absolute Gasteiger partial charge is 0.496 e. The third kappa shape index (κ3) is 2.73. The van der Waals surface area contributed by atoms with Gasteiger partial charge in [-0.1, -0.05) is 6.07 Å². The lowest BCUT2D eigenvalue weighted by molar-refractivity contribution is -0.516. The lowest BCUT2D eigenvalue weighted by Gasteiger charge is -2.12. The number of aryl methyl sites for hydroxylation is 3. The summed E-state index contributed by atoms with van der Waals surface area (Å²) in [5.41, 5.74) is 7.28. The van der Waals surface area contributed by atoms with Crippen molar-refractivity contribution in [1.82, 2.24) is 4.98 Å². The molecule has 0 atom stereocenters. The molecule has 5 aromatic rings. The maximum Gasteiger partial charge on any atom is 0.219 e. The fourth-order valence-electron chi connectivity index (χ4n) is 4.23. The number of hydrogen-bond acceptors (Lipinski definition) is 2. The van der Waals surface area contributed by atoms with Gasteiger partial charge in [0, 0.05) is 42.4 Å². The van der Waals surface area contributed by atoms with Gasteiger partial charge in [-0.3, -0.25) is 4.98 Å². The third-order valence-electron chi connectivity index (χ3n) is 6.01. The SMILES string of the molecule is COc1cc2cc[n+]3c(C)c4cc(C)c(C)cc4cc3c2cc1-c1ccncc1. The standard InChI is InChI=1S/C26H23N2O/c1-16-11-21-13-25-23-15-24(19-5-8-27-9-6-19)26(29-4)14-20(23)7-10-28(25)18(3)22(21)12-17(16)2/h5-15H,1-4H3/q+1. The first kappa shape index (κ1) is 17.6. The fraction of sp³-hybridized carbons (Fsp3) is 0.154. The van der Waals surface area contributed by atoms with Gasteiger partial charge in [0.05, 0.1) is 12.5 Å². The van der Waals surface area contributed by atoms with E-state index in [1.807, 2.05) is 24.5 Å². The highest BCUT2D eigenvalue weighted by molar-refractivity contribution is 6.01. The summed E-state index contributed by atoms with van der Waals surface area (Å²) in [5, 5.41) is 4.96. The van der Waals surface area contributed by atoms with Gasteiger partial charge < -0.3 is 4.74 Å². The quantitative estimate of drug-likeness (QED) is 0.222. The molecule has 142 valence electrons. The second-order valence-electron chi connectivity index (χ2n) is 7.70. The zero-order valence-electron chi connectivity index (χ0n) is 17.2. The molecule has 3 heteroatoms. The Bertz CT molecular complexity index is 1410. The van der Waals surface area contributed by atoms with Gasteiger partial charge in [0.15, 0.2) is 11.9 Å². The van der Waals surface area contributed by atoms with Crippen LogP contribution in [0.1, 0.15) is 16.8 Å². The van der Waals surface area contributed by atoms with Crippen LogP contribution in [0.4, 0.5) is 0 Å². The lowest BCUT2D eigenvalue weighted by atomic mass is 9.98. The second kappa shape index (κ2) is 6.56. The molecule has 0 aliphatic heterocycles. The van der Waals surface area contributed by atoms with Gasteiger partial charge in [-0.25, -0.2) is 0 Å². The van der Waals surface area contributed by atoms with Crippen LogP contribution in [0, 0.1) is 20.8 Å². The third-order valence-corrected chi connectivity index (χ3v) is 6.01. The Kier molecular flexibility index (Phi) is 3.99. The van der Waals surface area contributed by atoms with Gasteiger partial charge in [0.25, 0.3) is 0 Å². The smallest absolute Gasteiger partial charge is 0.219 e. The molecule has 0 saturated heterocycles. The molecule has 0 bridgehead atoms. The number of aromatic nitrogens is 2. The van der Waals surface area contributed by atoms with Crippen molar-refractivity contribution in [1.29, 1.82) is 0 Å². The number of hydrogen-bond donors (Lipinski definition) is 0. The van der Waals surface area contributed by atoms with E-state index in [1.54, 1.807) is 7.11 Å². The first-order valence-corrected chi connectivity index (χ1v) is 9.84. The number of nitrogens with zero attached hydrogens (tertiary/aromatic N) is 2. The van der Waals surface area contributed by atoms with E-state index in [0.717, 1.165) is 16.9 Å². The Labute approximate surface area is 170 Å². The van der Waals surface area contributed by atoms with Gasteiger partial charge in [-0.2, -0.15) is 4.40 Å². The van der Waals surface area contributed by atoms with Crippen LogP contribution in [0.5, 0.6) is 5.75 Å². The number of benzene rings is 2. The van der Waals surface area contributed by atoms with E-state index in [2.05, 4.69) is 72.8 Å². The molecule has 0 aliphatic carbocycles. The van der Waals surface area contributed by atoms with E-state index < -0.39 is 0 Å². The van der Waals surface area contributed by atoms with Gasteiger partial charge >= 0.3 is 0 Å². The Hall–Kier alpha value is -3.46. The molecule has 5 rings (SSSR count). The van der Waals surface area contributed by atoms with E-state index in [4.69, 9.17) is 4.74 Å². The number of rotatable bonds is 2. The molecular formula is C26H23N2O+. The molecule has 3 heterocycles. The molecule has 0 amide bonds. The highest BCUT2D eigenvalue weighted by Crippen LogP contribution is 2.35. The topological polar surface area (TPSA) is 26.2 Å². The maximum absolute atomic E-state index is 5.72. The first-order valence-electron chi connectivity index (χ1n) is 9.84. The average molecular weight is 379 g/mol. The van der Waals surface area contributed by atoms with Crippen LogP contribution in [0.15, 0.2) is 67.1 Å². The highest BCUT2D eigenvalue weighted by atomic mass is 16.5. The summed E-state index contributed by atoms with van der Waals surface area (Å²) >= 11 is 0. The molecule has 0 fully saturated rings. The molecule has 29 heavy (non-hydrogen) atoms. The van der Waals surface area contributed by atoms with Gasteiger partial charge in [-0.05, 0) is 71.6 Å². The average Bonchev–Trinajstić information content (AvgIpc) is 2.75. The zero-order valence-corrected chi connectivity index (χ0v) is 17.2. The van der Waals surface area contributed by atoms with E-state index in [0.29, 0.717) is 0 Å². The van der Waals surface area contributed by atoms with Crippen LogP contribution >= 0.6 is 0 Å². The van der Waals surface area contributed by atoms with Crippen molar-refractivity contribution in [3.8, 4) is 16.9 Å². The predicted octanol–water partition coefficient (Wildman–Crippen LogP) is 5.73. The maximum atomic E-state index is 5.72. The summed E-state index contributed by atoms with van der Waals surface area (Å²) < 4.78 is 8.01. The van der Waals surface area contributed by atoms with Crippen LogP contribution in [0.25, 0.3) is 38.2 Å². The van der Waals surface area contributed by atoms with Gasteiger partial charge in [0.1, 0.15) is 5.75 Å². The van der Waals surface area contributed by atoms with Crippen LogP contribution in [0.3, 0.4) is 0 Å². The van der Waals surface area contributed by atoms with Crippen molar-refractivity contribution in [2.45, 2.75) is 20.8 Å². The van der Waals surface area contributed by atoms with Gasteiger partial charge in [-0.15, -0.1) is 0 Å². The lowest BCUT2D eigenvalue weighted by Crippen LogP contribution is -2.25. The minimum Gasteiger partial charge on any atom is -0.496 e. The Morgan fingerprint density at radius 2 is 1.55 bits per heavy atom. The van der Waals surface area contributed by atoms with Crippen LogP contribution in [0.2, 0.25) is 0 Å². The fourth-order valence-corrected chi connectivity index (χ4v) is 4.23. The molecule has 0 aliphatic rings. The van der Waals surface area contributed by atoms with Crippen molar-refractivity contribution in [2.24, 2.45) is 0 Å². The molecule has 0 N–H and O–H groups in total. The molecule has 3 aromatic heterocycles. The minimum absolute atomic E-state index is 0.872. The van der Waals surface area contributed by atoms with E-state index in [-0.39, 0.29) is 0 Å². The number of methoxy groups -OCH3 is 1. The molecule has 0 unspecified atom stereocenters. The van der Waals surface area contributed by atoms with E-state index in [9.17, 15) is 0 Å². The molecule has 3 nitrogen and oxygen atoms in total. The Morgan fingerprint density at radius 3 is 2.31 bits per heavy atom. The molecule has 2 aromatic carbocycles. The van der Waals surface area contributed by atoms with Crippen molar-refractivity contribution in [3.05, 3.63) is 83.9 Å². The first-order chi connectivity index (χ1) is 14.1. The second-order valence-corrected chi connectivity index (χ2v) is 7.70. The summed E-state index contributed by atoms with van der Waals surface area (Å²) in [6.45, 7) is 6.55. The number of fused-ring (bicyclic) bond motifs is 4. The van der Waals surface area contributed by atoms with Crippen molar-refractivity contribution < 1.29 is 9.14 Å². The summed E-state index contributed by atoms with van der Waals surface area (Å²) in [7, 11) is 1.73. The Morgan fingerprint density at radius 1 is 0.793 bits per heavy atom. The highest BCUT2D eigenvalue weighted by Gasteiger charge is 2.18. The summed E-state index contributed by atoms with van der Waals surface area (Å²) in [6, 6.07) is 17.5. The Balaban J connectivity index is 1.91. The van der Waals surface area contributed by atoms with Crippen LogP contribution < -0.4 is 9.14 Å². The minimum atomic E-state index is 0.872. The molecule has 0 saturated carbocycles. The summed E-state index contributed by atoms with van der Waals surface area (Å²) in [6.07, 6.45) is 5.80.